The van der Waals surface area contributed by atoms with Crippen molar-refractivity contribution >= 4 is 0 Å². The SMILES string of the molecule is Cc1ccc(C)c(-c2cc(=O)[nH]c(C(C)C)n2)c1. The van der Waals surface area contributed by atoms with Crippen molar-refractivity contribution in [1.82, 2.24) is 9.97 Å². The number of aromatic nitrogens is 2. The predicted octanol–water partition coefficient (Wildman–Crippen LogP) is 3.18. The van der Waals surface area contributed by atoms with Gasteiger partial charge in [0.05, 0.1) is 5.69 Å². The van der Waals surface area contributed by atoms with Gasteiger partial charge >= 0.3 is 0 Å². The summed E-state index contributed by atoms with van der Waals surface area (Å²) < 4.78 is 0. The molecule has 94 valence electrons. The topological polar surface area (TPSA) is 45.8 Å². The van der Waals surface area contributed by atoms with E-state index < -0.39 is 0 Å². The van der Waals surface area contributed by atoms with E-state index in [1.807, 2.05) is 27.7 Å². The number of hydrogen-bond donors (Lipinski definition) is 1. The molecule has 0 fully saturated rings. The Bertz CT molecular complexity index is 627. The van der Waals surface area contributed by atoms with E-state index in [0.717, 1.165) is 22.6 Å². The van der Waals surface area contributed by atoms with Crippen molar-refractivity contribution in [3.63, 3.8) is 0 Å². The van der Waals surface area contributed by atoms with Crippen LogP contribution in [0.4, 0.5) is 0 Å². The molecule has 0 spiro atoms. The molecule has 0 aliphatic rings. The van der Waals surface area contributed by atoms with Gasteiger partial charge in [0.25, 0.3) is 5.56 Å². The summed E-state index contributed by atoms with van der Waals surface area (Å²) in [5.74, 6) is 0.946. The van der Waals surface area contributed by atoms with Crippen LogP contribution in [0.15, 0.2) is 29.1 Å². The molecule has 2 rings (SSSR count). The number of hydrogen-bond acceptors (Lipinski definition) is 2. The largest absolute Gasteiger partial charge is 0.310 e. The van der Waals surface area contributed by atoms with Gasteiger partial charge in [0.2, 0.25) is 0 Å². The van der Waals surface area contributed by atoms with Crippen molar-refractivity contribution < 1.29 is 0 Å². The maximum atomic E-state index is 11.7. The number of nitrogens with one attached hydrogen (secondary N) is 1. The molecule has 3 nitrogen and oxygen atoms in total. The molecule has 1 N–H and O–H groups in total. The van der Waals surface area contributed by atoms with Crippen molar-refractivity contribution in [3.05, 3.63) is 51.6 Å². The molecule has 0 atom stereocenters. The first-order chi connectivity index (χ1) is 8.47. The monoisotopic (exact) mass is 242 g/mol. The first kappa shape index (κ1) is 12.6. The van der Waals surface area contributed by atoms with Gasteiger partial charge in [-0.1, -0.05) is 31.5 Å². The summed E-state index contributed by atoms with van der Waals surface area (Å²) in [6.45, 7) is 8.11. The minimum Gasteiger partial charge on any atom is -0.310 e. The first-order valence-electron chi connectivity index (χ1n) is 6.16. The third-order valence-corrected chi connectivity index (χ3v) is 2.98. The van der Waals surface area contributed by atoms with Crippen LogP contribution in [-0.2, 0) is 0 Å². The van der Waals surface area contributed by atoms with E-state index in [2.05, 4.69) is 28.2 Å². The fourth-order valence-corrected chi connectivity index (χ4v) is 1.90. The van der Waals surface area contributed by atoms with Crippen molar-refractivity contribution in [2.24, 2.45) is 0 Å². The molecule has 3 heteroatoms. The van der Waals surface area contributed by atoms with Crippen LogP contribution in [0.1, 0.15) is 36.7 Å². The van der Waals surface area contributed by atoms with Crippen LogP contribution in [0.25, 0.3) is 11.3 Å². The second-order valence-electron chi connectivity index (χ2n) is 4.99. The summed E-state index contributed by atoms with van der Waals surface area (Å²) in [6.07, 6.45) is 0. The zero-order valence-corrected chi connectivity index (χ0v) is 11.2. The zero-order valence-electron chi connectivity index (χ0n) is 11.2. The number of rotatable bonds is 2. The lowest BCUT2D eigenvalue weighted by molar-refractivity contribution is 0.768. The van der Waals surface area contributed by atoms with Gasteiger partial charge in [-0.3, -0.25) is 4.79 Å². The van der Waals surface area contributed by atoms with Gasteiger partial charge in [0.1, 0.15) is 5.82 Å². The molecule has 0 aliphatic carbocycles. The highest BCUT2D eigenvalue weighted by Gasteiger charge is 2.09. The van der Waals surface area contributed by atoms with Crippen LogP contribution in [0.3, 0.4) is 0 Å². The minimum absolute atomic E-state index is 0.0930. The molecule has 18 heavy (non-hydrogen) atoms. The van der Waals surface area contributed by atoms with E-state index in [-0.39, 0.29) is 11.5 Å². The van der Waals surface area contributed by atoms with Crippen LogP contribution < -0.4 is 5.56 Å². The lowest BCUT2D eigenvalue weighted by Crippen LogP contribution is -2.12. The van der Waals surface area contributed by atoms with Crippen molar-refractivity contribution in [3.8, 4) is 11.3 Å². The molecule has 1 aromatic heterocycles. The Balaban J connectivity index is 2.63. The Kier molecular flexibility index (Phi) is 3.32. The summed E-state index contributed by atoms with van der Waals surface area (Å²) in [7, 11) is 0. The van der Waals surface area contributed by atoms with Gasteiger partial charge in [-0.15, -0.1) is 0 Å². The Morgan fingerprint density at radius 3 is 2.56 bits per heavy atom. The van der Waals surface area contributed by atoms with Crippen LogP contribution in [0.5, 0.6) is 0 Å². The molecule has 1 heterocycles. The smallest absolute Gasteiger partial charge is 0.251 e. The summed E-state index contributed by atoms with van der Waals surface area (Å²) in [5, 5.41) is 0. The lowest BCUT2D eigenvalue weighted by Gasteiger charge is -2.09. The predicted molar refractivity (Wildman–Crippen MR) is 73.9 cm³/mol. The fraction of sp³-hybridized carbons (Fsp3) is 0.333. The minimum atomic E-state index is -0.0930. The average Bonchev–Trinajstić information content (AvgIpc) is 2.31. The Morgan fingerprint density at radius 2 is 1.89 bits per heavy atom. The quantitative estimate of drug-likeness (QED) is 0.879. The van der Waals surface area contributed by atoms with Crippen molar-refractivity contribution in [2.45, 2.75) is 33.6 Å². The molecule has 0 saturated carbocycles. The van der Waals surface area contributed by atoms with E-state index in [0.29, 0.717) is 0 Å². The molecular formula is C15H18N2O. The van der Waals surface area contributed by atoms with Crippen molar-refractivity contribution in [2.75, 3.05) is 0 Å². The van der Waals surface area contributed by atoms with Crippen molar-refractivity contribution in [1.29, 1.82) is 0 Å². The second-order valence-corrected chi connectivity index (χ2v) is 4.99. The van der Waals surface area contributed by atoms with Gasteiger partial charge < -0.3 is 4.98 Å². The number of H-pyrrole nitrogens is 1. The Morgan fingerprint density at radius 1 is 1.17 bits per heavy atom. The second kappa shape index (κ2) is 4.77. The first-order valence-corrected chi connectivity index (χ1v) is 6.16. The maximum Gasteiger partial charge on any atom is 0.251 e. The van der Waals surface area contributed by atoms with Gasteiger partial charge in [-0.05, 0) is 25.5 Å². The van der Waals surface area contributed by atoms with Crippen LogP contribution in [0, 0.1) is 13.8 Å². The van der Waals surface area contributed by atoms with E-state index in [1.54, 1.807) is 6.07 Å². The van der Waals surface area contributed by atoms with Gasteiger partial charge in [0.15, 0.2) is 0 Å². The standard InChI is InChI=1S/C15H18N2O/c1-9(2)15-16-13(8-14(18)17-15)12-7-10(3)5-6-11(12)4/h5-9H,1-4H3,(H,16,17,18). The number of aryl methyl sites for hydroxylation is 2. The number of aromatic amines is 1. The highest BCUT2D eigenvalue weighted by molar-refractivity contribution is 5.64. The Hall–Kier alpha value is -1.90. The van der Waals surface area contributed by atoms with E-state index in [9.17, 15) is 4.79 Å². The van der Waals surface area contributed by atoms with E-state index in [1.165, 1.54) is 5.56 Å². The fourth-order valence-electron chi connectivity index (χ4n) is 1.90. The molecular weight excluding hydrogens is 224 g/mol. The molecule has 2 aromatic rings. The summed E-state index contributed by atoms with van der Waals surface area (Å²) in [6, 6.07) is 7.76. The molecule has 0 radical (unpaired) electrons. The van der Waals surface area contributed by atoms with Crippen LogP contribution >= 0.6 is 0 Å². The third kappa shape index (κ3) is 2.50. The highest BCUT2D eigenvalue weighted by Crippen LogP contribution is 2.22. The number of nitrogens with zero attached hydrogens (tertiary/aromatic N) is 1. The maximum absolute atomic E-state index is 11.7. The normalized spacial score (nSPS) is 10.9. The molecule has 0 unspecified atom stereocenters. The number of benzene rings is 1. The molecule has 0 saturated heterocycles. The summed E-state index contributed by atoms with van der Waals surface area (Å²) in [4.78, 5) is 19.0. The molecule has 0 aliphatic heterocycles. The third-order valence-electron chi connectivity index (χ3n) is 2.98. The molecule has 0 bridgehead atoms. The van der Waals surface area contributed by atoms with Crippen LogP contribution in [0.2, 0.25) is 0 Å². The average molecular weight is 242 g/mol. The summed E-state index contributed by atoms with van der Waals surface area (Å²) >= 11 is 0. The lowest BCUT2D eigenvalue weighted by atomic mass is 10.0. The zero-order chi connectivity index (χ0) is 13.3. The molecule has 0 amide bonds. The van der Waals surface area contributed by atoms with Gasteiger partial charge in [-0.2, -0.15) is 0 Å². The van der Waals surface area contributed by atoms with Crippen LogP contribution in [-0.4, -0.2) is 9.97 Å². The van der Waals surface area contributed by atoms with E-state index >= 15 is 0 Å². The Labute approximate surface area is 107 Å². The highest BCUT2D eigenvalue weighted by atomic mass is 16.1. The summed E-state index contributed by atoms with van der Waals surface area (Å²) in [5.41, 5.74) is 3.99. The van der Waals surface area contributed by atoms with E-state index in [4.69, 9.17) is 0 Å². The molecule has 1 aromatic carbocycles. The van der Waals surface area contributed by atoms with Gasteiger partial charge in [0, 0.05) is 17.5 Å². The van der Waals surface area contributed by atoms with Gasteiger partial charge in [-0.25, -0.2) is 4.98 Å².